The van der Waals surface area contributed by atoms with Crippen molar-refractivity contribution in [2.45, 2.75) is 26.2 Å². The van der Waals surface area contributed by atoms with Gasteiger partial charge >= 0.3 is 0 Å². The van der Waals surface area contributed by atoms with E-state index in [0.717, 1.165) is 37.9 Å². The average molecular weight is 358 g/mol. The van der Waals surface area contributed by atoms with Crippen LogP contribution in [0.4, 0.5) is 5.69 Å². The number of carbonyl (C=O) groups is 2. The van der Waals surface area contributed by atoms with Crippen LogP contribution in [0.1, 0.15) is 45.7 Å². The minimum absolute atomic E-state index is 0.0428. The molecule has 1 aliphatic heterocycles. The van der Waals surface area contributed by atoms with Crippen molar-refractivity contribution in [2.75, 3.05) is 18.4 Å². The molecule has 130 valence electrons. The standard InChI is InChI=1S/C19H20ClN3O2/c1-13-11-15(20)5-6-16(13)22-18(24)17-12-14(7-8-21-17)19(25)23-9-3-2-4-10-23/h5-8,11-12H,2-4,9-10H2,1H3,(H,22,24). The molecule has 1 aromatic carbocycles. The molecule has 2 aromatic rings. The molecule has 2 amide bonds. The highest BCUT2D eigenvalue weighted by molar-refractivity contribution is 6.30. The molecule has 0 unspecified atom stereocenters. The maximum atomic E-state index is 12.6. The van der Waals surface area contributed by atoms with Gasteiger partial charge in [-0.2, -0.15) is 0 Å². The summed E-state index contributed by atoms with van der Waals surface area (Å²) < 4.78 is 0. The SMILES string of the molecule is Cc1cc(Cl)ccc1NC(=O)c1cc(C(=O)N2CCCCC2)ccn1. The van der Waals surface area contributed by atoms with Crippen LogP contribution in [0.3, 0.4) is 0 Å². The molecule has 25 heavy (non-hydrogen) atoms. The quantitative estimate of drug-likeness (QED) is 0.905. The molecule has 6 heteroatoms. The Hall–Kier alpha value is -2.40. The summed E-state index contributed by atoms with van der Waals surface area (Å²) in [6.07, 6.45) is 4.72. The van der Waals surface area contributed by atoms with E-state index in [0.29, 0.717) is 16.3 Å². The largest absolute Gasteiger partial charge is 0.339 e. The number of likely N-dealkylation sites (tertiary alicyclic amines) is 1. The van der Waals surface area contributed by atoms with Crippen molar-refractivity contribution in [1.29, 1.82) is 0 Å². The summed E-state index contributed by atoms with van der Waals surface area (Å²) in [5, 5.41) is 3.43. The molecule has 3 rings (SSSR count). The third kappa shape index (κ3) is 4.17. The van der Waals surface area contributed by atoms with E-state index in [2.05, 4.69) is 10.3 Å². The van der Waals surface area contributed by atoms with Crippen LogP contribution in [0.25, 0.3) is 0 Å². The first-order valence-corrected chi connectivity index (χ1v) is 8.75. The third-order valence-electron chi connectivity index (χ3n) is 4.32. The second-order valence-corrected chi connectivity index (χ2v) is 6.63. The topological polar surface area (TPSA) is 62.3 Å². The van der Waals surface area contributed by atoms with Gasteiger partial charge in [0, 0.05) is 35.6 Å². The smallest absolute Gasteiger partial charge is 0.274 e. The molecule has 0 aliphatic carbocycles. The number of benzene rings is 1. The van der Waals surface area contributed by atoms with Crippen LogP contribution >= 0.6 is 11.6 Å². The number of amides is 2. The van der Waals surface area contributed by atoms with E-state index in [1.165, 1.54) is 6.20 Å². The molecule has 0 atom stereocenters. The summed E-state index contributed by atoms with van der Waals surface area (Å²) in [6, 6.07) is 8.45. The van der Waals surface area contributed by atoms with Crippen LogP contribution < -0.4 is 5.32 Å². The zero-order valence-corrected chi connectivity index (χ0v) is 14.8. The van der Waals surface area contributed by atoms with E-state index < -0.39 is 0 Å². The van der Waals surface area contributed by atoms with Gasteiger partial charge in [0.15, 0.2) is 0 Å². The van der Waals surface area contributed by atoms with Crippen molar-refractivity contribution < 1.29 is 9.59 Å². The second kappa shape index (κ2) is 7.66. The van der Waals surface area contributed by atoms with Crippen LogP contribution in [-0.2, 0) is 0 Å². The van der Waals surface area contributed by atoms with Crippen LogP contribution in [0.5, 0.6) is 0 Å². The Bertz CT molecular complexity index is 801. The molecule has 0 bridgehead atoms. The number of pyridine rings is 1. The Labute approximate surface area is 152 Å². The highest BCUT2D eigenvalue weighted by atomic mass is 35.5. The molecule has 1 N–H and O–H groups in total. The minimum Gasteiger partial charge on any atom is -0.339 e. The summed E-state index contributed by atoms with van der Waals surface area (Å²) >= 11 is 5.93. The van der Waals surface area contributed by atoms with Gasteiger partial charge in [0.25, 0.3) is 11.8 Å². The van der Waals surface area contributed by atoms with Crippen LogP contribution in [-0.4, -0.2) is 34.8 Å². The van der Waals surface area contributed by atoms with Gasteiger partial charge in [0.05, 0.1) is 0 Å². The Balaban J connectivity index is 1.76. The third-order valence-corrected chi connectivity index (χ3v) is 4.55. The highest BCUT2D eigenvalue weighted by Gasteiger charge is 2.19. The van der Waals surface area contributed by atoms with Crippen molar-refractivity contribution in [3.8, 4) is 0 Å². The number of aromatic nitrogens is 1. The van der Waals surface area contributed by atoms with Gasteiger partial charge in [-0.1, -0.05) is 11.6 Å². The Kier molecular flexibility index (Phi) is 5.34. The van der Waals surface area contributed by atoms with Crippen molar-refractivity contribution in [1.82, 2.24) is 9.88 Å². The zero-order chi connectivity index (χ0) is 17.8. The Morgan fingerprint density at radius 3 is 2.60 bits per heavy atom. The van der Waals surface area contributed by atoms with Gasteiger partial charge in [-0.05, 0) is 62.1 Å². The van der Waals surface area contributed by atoms with Crippen molar-refractivity contribution in [3.05, 3.63) is 58.4 Å². The summed E-state index contributed by atoms with van der Waals surface area (Å²) in [5.41, 5.74) is 2.25. The van der Waals surface area contributed by atoms with Crippen LogP contribution in [0.15, 0.2) is 36.5 Å². The second-order valence-electron chi connectivity index (χ2n) is 6.20. The fourth-order valence-corrected chi connectivity index (χ4v) is 3.15. The molecule has 0 spiro atoms. The van der Waals surface area contributed by atoms with Gasteiger partial charge in [0.2, 0.25) is 0 Å². The van der Waals surface area contributed by atoms with E-state index in [1.807, 2.05) is 11.8 Å². The predicted molar refractivity (Wildman–Crippen MR) is 98.1 cm³/mol. The maximum absolute atomic E-state index is 12.6. The lowest BCUT2D eigenvalue weighted by atomic mass is 10.1. The van der Waals surface area contributed by atoms with Gasteiger partial charge in [-0.25, -0.2) is 0 Å². The van der Waals surface area contributed by atoms with Crippen LogP contribution in [0.2, 0.25) is 5.02 Å². The summed E-state index contributed by atoms with van der Waals surface area (Å²) in [7, 11) is 0. The molecule has 1 fully saturated rings. The first-order chi connectivity index (χ1) is 12.0. The number of aryl methyl sites for hydroxylation is 1. The molecule has 1 saturated heterocycles. The molecule has 2 heterocycles. The van der Waals surface area contributed by atoms with Gasteiger partial charge in [-0.3, -0.25) is 14.6 Å². The van der Waals surface area contributed by atoms with E-state index in [-0.39, 0.29) is 17.5 Å². The van der Waals surface area contributed by atoms with Crippen molar-refractivity contribution >= 4 is 29.1 Å². The first kappa shape index (κ1) is 17.4. The van der Waals surface area contributed by atoms with Crippen LogP contribution in [0, 0.1) is 6.92 Å². The number of anilines is 1. The number of hydrogen-bond acceptors (Lipinski definition) is 3. The lowest BCUT2D eigenvalue weighted by Gasteiger charge is -2.26. The van der Waals surface area contributed by atoms with Gasteiger partial charge in [-0.15, -0.1) is 0 Å². The number of halogens is 1. The molecule has 0 radical (unpaired) electrons. The number of piperidine rings is 1. The number of carbonyl (C=O) groups excluding carboxylic acids is 2. The number of nitrogens with zero attached hydrogens (tertiary/aromatic N) is 2. The number of nitrogens with one attached hydrogen (secondary N) is 1. The molecule has 1 aromatic heterocycles. The minimum atomic E-state index is -0.348. The highest BCUT2D eigenvalue weighted by Crippen LogP contribution is 2.20. The number of rotatable bonds is 3. The van der Waals surface area contributed by atoms with E-state index in [9.17, 15) is 9.59 Å². The molecular weight excluding hydrogens is 338 g/mol. The monoisotopic (exact) mass is 357 g/mol. The molecule has 5 nitrogen and oxygen atoms in total. The first-order valence-electron chi connectivity index (χ1n) is 8.37. The van der Waals surface area contributed by atoms with Crippen molar-refractivity contribution in [2.24, 2.45) is 0 Å². The summed E-state index contributed by atoms with van der Waals surface area (Å²) in [5.74, 6) is -0.391. The lowest BCUT2D eigenvalue weighted by Crippen LogP contribution is -2.35. The van der Waals surface area contributed by atoms with E-state index >= 15 is 0 Å². The fraction of sp³-hybridized carbons (Fsp3) is 0.316. The van der Waals surface area contributed by atoms with Crippen molar-refractivity contribution in [3.63, 3.8) is 0 Å². The Morgan fingerprint density at radius 2 is 1.88 bits per heavy atom. The van der Waals surface area contributed by atoms with E-state index in [1.54, 1.807) is 30.3 Å². The summed E-state index contributed by atoms with van der Waals surface area (Å²) in [6.45, 7) is 3.41. The predicted octanol–water partition coefficient (Wildman–Crippen LogP) is 3.92. The fourth-order valence-electron chi connectivity index (χ4n) is 2.92. The molecule has 0 saturated carbocycles. The average Bonchev–Trinajstić information content (AvgIpc) is 2.64. The zero-order valence-electron chi connectivity index (χ0n) is 14.1. The normalized spacial score (nSPS) is 14.2. The summed E-state index contributed by atoms with van der Waals surface area (Å²) in [4.78, 5) is 31.0. The van der Waals surface area contributed by atoms with Gasteiger partial charge < -0.3 is 10.2 Å². The van der Waals surface area contributed by atoms with E-state index in [4.69, 9.17) is 11.6 Å². The maximum Gasteiger partial charge on any atom is 0.274 e. The Morgan fingerprint density at radius 1 is 1.12 bits per heavy atom. The lowest BCUT2D eigenvalue weighted by molar-refractivity contribution is 0.0724. The van der Waals surface area contributed by atoms with Gasteiger partial charge in [0.1, 0.15) is 5.69 Å². The number of hydrogen-bond donors (Lipinski definition) is 1. The molecular formula is C19H20ClN3O2. The molecule has 1 aliphatic rings.